The van der Waals surface area contributed by atoms with Gasteiger partial charge in [-0.3, -0.25) is 4.57 Å². The van der Waals surface area contributed by atoms with Crippen molar-refractivity contribution in [1.82, 2.24) is 19.1 Å². The van der Waals surface area contributed by atoms with Gasteiger partial charge in [-0.1, -0.05) is 182 Å². The molecule has 0 saturated carbocycles. The van der Waals surface area contributed by atoms with Crippen molar-refractivity contribution in [3.63, 3.8) is 0 Å². The van der Waals surface area contributed by atoms with Crippen molar-refractivity contribution in [3.05, 3.63) is 273 Å². The zero-order chi connectivity index (χ0) is 48.7. The molecule has 15 rings (SSSR count). The highest BCUT2D eigenvalue weighted by Crippen LogP contribution is 2.44. The third kappa shape index (κ3) is 6.35. The molecule has 14 aromatic rings. The summed E-state index contributed by atoms with van der Waals surface area (Å²) in [6.07, 6.45) is 1.96. The first-order valence-corrected chi connectivity index (χ1v) is 27.3. The Balaban J connectivity index is 1.01. The molecule has 0 atom stereocenters. The lowest BCUT2D eigenvalue weighted by molar-refractivity contribution is 1.01. The first-order valence-electron chi connectivity index (χ1n) is 25.3. The Hall–Kier alpha value is -9.62. The Bertz CT molecular complexity index is 4430. The van der Waals surface area contributed by atoms with Crippen LogP contribution in [0.1, 0.15) is 0 Å². The van der Waals surface area contributed by atoms with Crippen LogP contribution in [0.5, 0.6) is 0 Å². The fourth-order valence-electron chi connectivity index (χ4n) is 12.2. The van der Waals surface area contributed by atoms with E-state index < -0.39 is 8.07 Å². The predicted octanol–water partition coefficient (Wildman–Crippen LogP) is 14.3. The lowest BCUT2D eigenvalue weighted by Crippen LogP contribution is -2.72. The molecule has 0 N–H and O–H groups in total. The van der Waals surface area contributed by atoms with Gasteiger partial charge in [0.15, 0.2) is 8.07 Å². The van der Waals surface area contributed by atoms with Gasteiger partial charge in [0.2, 0.25) is 5.95 Å². The summed E-state index contributed by atoms with van der Waals surface area (Å²) in [6.45, 7) is 0. The van der Waals surface area contributed by atoms with Gasteiger partial charge in [0, 0.05) is 55.9 Å². The first kappa shape index (κ1) is 42.1. The molecule has 346 valence electrons. The van der Waals surface area contributed by atoms with E-state index in [1.54, 1.807) is 0 Å². The molecule has 0 saturated heterocycles. The van der Waals surface area contributed by atoms with E-state index in [1.807, 2.05) is 12.3 Å². The van der Waals surface area contributed by atoms with Crippen LogP contribution in [0, 0.1) is 0 Å². The summed E-state index contributed by atoms with van der Waals surface area (Å²) in [5.41, 5.74) is 14.6. The van der Waals surface area contributed by atoms with E-state index in [4.69, 9.17) is 9.97 Å². The summed E-state index contributed by atoms with van der Waals surface area (Å²) in [5.74, 6) is 0.646. The monoisotopic (exact) mass is 959 g/mol. The maximum atomic E-state index is 5.32. The van der Waals surface area contributed by atoms with Crippen LogP contribution in [0.2, 0.25) is 0 Å². The minimum Gasteiger partial charge on any atom is -0.310 e. The standard InChI is InChI=1S/C68H45N5Si/c1-5-19-46(20-6-1)47-33-35-50(36-34-47)71(51-37-39-63-57(41-51)55-28-14-17-31-62(55)72(63)49-22-7-2-8-23-49)52-38-40-64-58(42-52)59-43-60-56-29-15-18-32-66(56)74(53-24-9-3-10-25-53,54-26-11-4-12-27-54)67(60)44-65(59)73(64)68-69-45-48-21-13-16-30-61(48)70-68/h1-45H. The van der Waals surface area contributed by atoms with Gasteiger partial charge < -0.3 is 9.47 Å². The molecule has 0 aliphatic carbocycles. The van der Waals surface area contributed by atoms with Crippen LogP contribution >= 0.6 is 0 Å². The molecule has 0 spiro atoms. The number of benzene rings is 11. The highest BCUT2D eigenvalue weighted by molar-refractivity contribution is 7.22. The normalized spacial score (nSPS) is 12.7. The molecule has 5 nitrogen and oxygen atoms in total. The summed E-state index contributed by atoms with van der Waals surface area (Å²) < 4.78 is 4.69. The van der Waals surface area contributed by atoms with Crippen molar-refractivity contribution in [2.75, 3.05) is 4.90 Å². The Morgan fingerprint density at radius 1 is 0.351 bits per heavy atom. The number of fused-ring (bicyclic) bond motifs is 10. The number of hydrogen-bond acceptors (Lipinski definition) is 3. The lowest BCUT2D eigenvalue weighted by Gasteiger charge is -2.31. The van der Waals surface area contributed by atoms with Crippen LogP contribution in [-0.4, -0.2) is 27.2 Å². The molecule has 0 radical (unpaired) electrons. The second-order valence-corrected chi connectivity index (χ2v) is 23.1. The minimum absolute atomic E-state index is 0.646. The smallest absolute Gasteiger partial charge is 0.235 e. The van der Waals surface area contributed by atoms with E-state index in [2.05, 4.69) is 275 Å². The van der Waals surface area contributed by atoms with E-state index in [1.165, 1.54) is 59.3 Å². The van der Waals surface area contributed by atoms with Crippen molar-refractivity contribution in [2.45, 2.75) is 0 Å². The van der Waals surface area contributed by atoms with Crippen molar-refractivity contribution in [3.8, 4) is 33.9 Å². The number of rotatable bonds is 8. The maximum Gasteiger partial charge on any atom is 0.235 e. The van der Waals surface area contributed by atoms with Gasteiger partial charge in [0.25, 0.3) is 0 Å². The van der Waals surface area contributed by atoms with Crippen LogP contribution in [0.3, 0.4) is 0 Å². The average Bonchev–Trinajstić information content (AvgIpc) is 4.09. The fourth-order valence-corrected chi connectivity index (χ4v) is 17.4. The van der Waals surface area contributed by atoms with Crippen LogP contribution in [0.25, 0.3) is 88.4 Å². The second-order valence-electron chi connectivity index (χ2n) is 19.3. The van der Waals surface area contributed by atoms with E-state index in [0.717, 1.165) is 61.0 Å². The van der Waals surface area contributed by atoms with E-state index in [0.29, 0.717) is 5.95 Å². The van der Waals surface area contributed by atoms with E-state index >= 15 is 0 Å². The highest BCUT2D eigenvalue weighted by atomic mass is 28.3. The average molecular weight is 960 g/mol. The van der Waals surface area contributed by atoms with Crippen molar-refractivity contribution in [1.29, 1.82) is 0 Å². The molecule has 6 heteroatoms. The minimum atomic E-state index is -2.83. The predicted molar refractivity (Wildman–Crippen MR) is 311 cm³/mol. The molecular formula is C68H45N5Si. The van der Waals surface area contributed by atoms with Crippen LogP contribution in [0.4, 0.5) is 17.1 Å². The quantitative estimate of drug-likeness (QED) is 0.142. The maximum absolute atomic E-state index is 5.32. The van der Waals surface area contributed by atoms with Crippen LogP contribution in [0.15, 0.2) is 273 Å². The molecule has 1 aliphatic rings. The molecular weight excluding hydrogens is 915 g/mol. The highest BCUT2D eigenvalue weighted by Gasteiger charge is 2.49. The van der Waals surface area contributed by atoms with E-state index in [-0.39, 0.29) is 0 Å². The third-order valence-electron chi connectivity index (χ3n) is 15.4. The fraction of sp³-hybridized carbons (Fsp3) is 0. The number of nitrogens with zero attached hydrogens (tertiary/aromatic N) is 5. The molecule has 0 unspecified atom stereocenters. The summed E-state index contributed by atoms with van der Waals surface area (Å²) in [4.78, 5) is 12.9. The topological polar surface area (TPSA) is 38.9 Å². The first-order chi connectivity index (χ1) is 36.7. The zero-order valence-corrected chi connectivity index (χ0v) is 41.2. The van der Waals surface area contributed by atoms with Crippen LogP contribution < -0.4 is 25.6 Å². The van der Waals surface area contributed by atoms with Crippen LogP contribution in [-0.2, 0) is 0 Å². The largest absolute Gasteiger partial charge is 0.310 e. The summed E-state index contributed by atoms with van der Waals surface area (Å²) in [5, 5.41) is 11.2. The Morgan fingerprint density at radius 3 is 1.62 bits per heavy atom. The molecule has 0 fully saturated rings. The zero-order valence-electron chi connectivity index (χ0n) is 40.2. The van der Waals surface area contributed by atoms with Gasteiger partial charge in [-0.25, -0.2) is 9.97 Å². The number of aromatic nitrogens is 4. The third-order valence-corrected chi connectivity index (χ3v) is 20.3. The Labute approximate surface area is 429 Å². The Kier molecular flexibility index (Phi) is 9.52. The number of para-hydroxylation sites is 3. The lowest BCUT2D eigenvalue weighted by atomic mass is 10.0. The summed E-state index contributed by atoms with van der Waals surface area (Å²) in [6, 6.07) is 97.9. The second kappa shape index (κ2) is 16.7. The molecule has 4 heterocycles. The van der Waals surface area contributed by atoms with Crippen molar-refractivity contribution < 1.29 is 0 Å². The van der Waals surface area contributed by atoms with Crippen molar-refractivity contribution in [2.24, 2.45) is 0 Å². The summed E-state index contributed by atoms with van der Waals surface area (Å²) >= 11 is 0. The van der Waals surface area contributed by atoms with Gasteiger partial charge in [0.1, 0.15) is 0 Å². The molecule has 3 aromatic heterocycles. The summed E-state index contributed by atoms with van der Waals surface area (Å²) in [7, 11) is -2.83. The Morgan fingerprint density at radius 2 is 0.892 bits per heavy atom. The van der Waals surface area contributed by atoms with Gasteiger partial charge >= 0.3 is 0 Å². The number of anilines is 3. The SMILES string of the molecule is c1ccc(-c2ccc(N(c3ccc4c(c3)c3ccccc3n4-c3ccccc3)c3ccc4c(c3)c3cc5c(cc3n4-c3ncc4ccccc4n3)[Si](c3ccccc3)(c3ccccc3)c3ccccc3-5)cc2)cc1. The van der Waals surface area contributed by atoms with Gasteiger partial charge in [-0.2, -0.15) is 0 Å². The molecule has 0 bridgehead atoms. The molecule has 1 aliphatic heterocycles. The molecule has 74 heavy (non-hydrogen) atoms. The van der Waals surface area contributed by atoms with E-state index in [9.17, 15) is 0 Å². The molecule has 0 amide bonds. The molecule has 11 aromatic carbocycles. The van der Waals surface area contributed by atoms with Gasteiger partial charge in [0.05, 0.1) is 27.6 Å². The van der Waals surface area contributed by atoms with Crippen molar-refractivity contribution >= 4 is 100 Å². The van der Waals surface area contributed by atoms with Gasteiger partial charge in [-0.05, 0) is 128 Å². The van der Waals surface area contributed by atoms with Gasteiger partial charge in [-0.15, -0.1) is 0 Å². The number of hydrogen-bond donors (Lipinski definition) is 0.